The quantitative estimate of drug-likeness (QED) is 0.591. The van der Waals surface area contributed by atoms with Gasteiger partial charge in [0.1, 0.15) is 5.60 Å². The zero-order valence-electron chi connectivity index (χ0n) is 8.75. The third-order valence-electron chi connectivity index (χ3n) is 2.11. The van der Waals surface area contributed by atoms with Gasteiger partial charge < -0.3 is 15.2 Å². The largest absolute Gasteiger partial charge is 0.443 e. The van der Waals surface area contributed by atoms with Crippen molar-refractivity contribution < 1.29 is 14.6 Å². The summed E-state index contributed by atoms with van der Waals surface area (Å²) in [6.07, 6.45) is 0.691. The first-order valence-corrected chi connectivity index (χ1v) is 5.40. The summed E-state index contributed by atoms with van der Waals surface area (Å²) in [5, 5.41) is 11.4. The molecule has 0 saturated carbocycles. The van der Waals surface area contributed by atoms with Gasteiger partial charge in [-0.15, -0.1) is 0 Å². The highest BCUT2D eigenvalue weighted by Gasteiger charge is 2.25. The van der Waals surface area contributed by atoms with Crippen LogP contribution in [-0.2, 0) is 4.74 Å². The molecule has 5 heteroatoms. The first-order chi connectivity index (χ1) is 6.58. The Kier molecular flexibility index (Phi) is 6.74. The summed E-state index contributed by atoms with van der Waals surface area (Å²) in [6.45, 7) is 4.23. The van der Waals surface area contributed by atoms with E-state index >= 15 is 0 Å². The highest BCUT2D eigenvalue weighted by Crippen LogP contribution is 2.19. The van der Waals surface area contributed by atoms with E-state index in [0.29, 0.717) is 25.1 Å². The van der Waals surface area contributed by atoms with Crippen molar-refractivity contribution >= 4 is 18.7 Å². The number of aliphatic hydroxyl groups excluding tert-OH is 1. The molecule has 0 rings (SSSR count). The Morgan fingerprint density at radius 3 is 2.71 bits per heavy atom. The first-order valence-electron chi connectivity index (χ1n) is 4.76. The maximum absolute atomic E-state index is 11.2. The summed E-state index contributed by atoms with van der Waals surface area (Å²) in [4.78, 5) is 11.2. The van der Waals surface area contributed by atoms with E-state index in [1.807, 2.05) is 13.8 Å². The number of aliphatic hydroxyl groups is 1. The fourth-order valence-electron chi connectivity index (χ4n) is 0.954. The molecule has 84 valence electrons. The van der Waals surface area contributed by atoms with E-state index in [4.69, 9.17) is 9.84 Å². The second-order valence-electron chi connectivity index (χ2n) is 3.32. The molecule has 0 aliphatic carbocycles. The van der Waals surface area contributed by atoms with Crippen molar-refractivity contribution in [1.82, 2.24) is 5.32 Å². The van der Waals surface area contributed by atoms with Gasteiger partial charge in [0.05, 0.1) is 0 Å². The Bertz CT molecular complexity index is 177. The summed E-state index contributed by atoms with van der Waals surface area (Å²) in [5.74, 6) is 0.581. The molecule has 4 nitrogen and oxygen atoms in total. The molecule has 0 aliphatic rings. The number of rotatable bonds is 6. The second kappa shape index (κ2) is 6.95. The van der Waals surface area contributed by atoms with Crippen LogP contribution in [0.25, 0.3) is 0 Å². The van der Waals surface area contributed by atoms with Crippen molar-refractivity contribution in [3.05, 3.63) is 0 Å². The number of thiol groups is 1. The van der Waals surface area contributed by atoms with Crippen molar-refractivity contribution in [3.63, 3.8) is 0 Å². The van der Waals surface area contributed by atoms with Crippen LogP contribution in [0.15, 0.2) is 0 Å². The molecule has 1 amide bonds. The molecule has 0 spiro atoms. The molecule has 0 fully saturated rings. The molecule has 0 aliphatic heterocycles. The van der Waals surface area contributed by atoms with E-state index in [0.717, 1.165) is 0 Å². The molecule has 14 heavy (non-hydrogen) atoms. The summed E-state index contributed by atoms with van der Waals surface area (Å²) in [5.41, 5.74) is -0.574. The first kappa shape index (κ1) is 13.6. The Morgan fingerprint density at radius 1 is 1.64 bits per heavy atom. The molecule has 0 saturated heterocycles. The van der Waals surface area contributed by atoms with E-state index in [1.165, 1.54) is 0 Å². The van der Waals surface area contributed by atoms with Gasteiger partial charge in [-0.25, -0.2) is 4.79 Å². The van der Waals surface area contributed by atoms with Gasteiger partial charge in [-0.05, 0) is 13.3 Å². The number of hydrogen-bond donors (Lipinski definition) is 3. The minimum atomic E-state index is -0.574. The lowest BCUT2D eigenvalue weighted by molar-refractivity contribution is 0.00483. The molecule has 1 atom stereocenters. The van der Waals surface area contributed by atoms with Crippen molar-refractivity contribution in [2.75, 3.05) is 18.9 Å². The summed E-state index contributed by atoms with van der Waals surface area (Å²) in [7, 11) is 0. The number of amides is 1. The van der Waals surface area contributed by atoms with E-state index in [-0.39, 0.29) is 6.61 Å². The van der Waals surface area contributed by atoms with Gasteiger partial charge in [0.15, 0.2) is 0 Å². The van der Waals surface area contributed by atoms with Crippen LogP contribution < -0.4 is 5.32 Å². The van der Waals surface area contributed by atoms with Crippen LogP contribution in [-0.4, -0.2) is 35.7 Å². The molecule has 0 heterocycles. The lowest BCUT2D eigenvalue weighted by Gasteiger charge is -2.27. The third kappa shape index (κ3) is 5.34. The second-order valence-corrected chi connectivity index (χ2v) is 3.76. The average Bonchev–Trinajstić information content (AvgIpc) is 2.15. The van der Waals surface area contributed by atoms with Crippen LogP contribution in [0.5, 0.6) is 0 Å². The predicted molar refractivity (Wildman–Crippen MR) is 58.7 cm³/mol. The molecule has 0 bridgehead atoms. The molecule has 1 unspecified atom stereocenters. The monoisotopic (exact) mass is 221 g/mol. The van der Waals surface area contributed by atoms with Gasteiger partial charge >= 0.3 is 6.09 Å². The minimum absolute atomic E-state index is 0.0180. The molecule has 0 radical (unpaired) electrons. The van der Waals surface area contributed by atoms with Crippen LogP contribution in [0.1, 0.15) is 26.7 Å². The Hall–Kier alpha value is -0.420. The SMILES string of the molecule is CCC(C)(CCO)OC(=O)NCCS. The van der Waals surface area contributed by atoms with Gasteiger partial charge in [0.25, 0.3) is 0 Å². The fraction of sp³-hybridized carbons (Fsp3) is 0.889. The Labute approximate surface area is 90.4 Å². The van der Waals surface area contributed by atoms with Gasteiger partial charge in [0, 0.05) is 25.3 Å². The smallest absolute Gasteiger partial charge is 0.407 e. The van der Waals surface area contributed by atoms with Gasteiger partial charge in [-0.2, -0.15) is 12.6 Å². The number of alkyl carbamates (subject to hydrolysis) is 1. The lowest BCUT2D eigenvalue weighted by atomic mass is 10.00. The molecule has 0 aromatic heterocycles. The van der Waals surface area contributed by atoms with Crippen LogP contribution in [0.4, 0.5) is 4.79 Å². The van der Waals surface area contributed by atoms with Crippen molar-refractivity contribution in [2.24, 2.45) is 0 Å². The summed E-state index contributed by atoms with van der Waals surface area (Å²) in [6, 6.07) is 0. The van der Waals surface area contributed by atoms with E-state index in [2.05, 4.69) is 17.9 Å². The number of carbonyl (C=O) groups excluding carboxylic acids is 1. The predicted octanol–water partition coefficient (Wildman–Crippen LogP) is 1.19. The molecule has 2 N–H and O–H groups in total. The number of nitrogens with one attached hydrogen (secondary N) is 1. The summed E-state index contributed by atoms with van der Waals surface area (Å²) >= 11 is 3.96. The topological polar surface area (TPSA) is 58.6 Å². The highest BCUT2D eigenvalue weighted by molar-refractivity contribution is 7.80. The maximum Gasteiger partial charge on any atom is 0.407 e. The van der Waals surface area contributed by atoms with Crippen LogP contribution in [0.3, 0.4) is 0 Å². The minimum Gasteiger partial charge on any atom is -0.443 e. The number of carbonyl (C=O) groups is 1. The van der Waals surface area contributed by atoms with Crippen molar-refractivity contribution in [1.29, 1.82) is 0 Å². The zero-order valence-corrected chi connectivity index (χ0v) is 9.64. The third-order valence-corrected chi connectivity index (χ3v) is 2.33. The van der Waals surface area contributed by atoms with E-state index in [1.54, 1.807) is 0 Å². The number of hydrogen-bond acceptors (Lipinski definition) is 4. The van der Waals surface area contributed by atoms with E-state index in [9.17, 15) is 4.79 Å². The maximum atomic E-state index is 11.2. The highest BCUT2D eigenvalue weighted by atomic mass is 32.1. The lowest BCUT2D eigenvalue weighted by Crippen LogP contribution is -2.37. The summed E-state index contributed by atoms with van der Waals surface area (Å²) < 4.78 is 5.19. The average molecular weight is 221 g/mol. The molecule has 0 aromatic rings. The molecule has 0 aromatic carbocycles. The molecular formula is C9H19NO3S. The standard InChI is InChI=1S/C9H19NO3S/c1-3-9(2,4-6-11)13-8(12)10-5-7-14/h11,14H,3-7H2,1-2H3,(H,10,12). The number of ether oxygens (including phenoxy) is 1. The Morgan fingerprint density at radius 2 is 2.29 bits per heavy atom. The Balaban J connectivity index is 3.96. The van der Waals surface area contributed by atoms with Gasteiger partial charge in [0.2, 0.25) is 0 Å². The van der Waals surface area contributed by atoms with Gasteiger partial charge in [-0.1, -0.05) is 6.92 Å². The van der Waals surface area contributed by atoms with Gasteiger partial charge in [-0.3, -0.25) is 0 Å². The van der Waals surface area contributed by atoms with Crippen molar-refractivity contribution in [2.45, 2.75) is 32.3 Å². The fourth-order valence-corrected chi connectivity index (χ4v) is 1.07. The van der Waals surface area contributed by atoms with Crippen LogP contribution in [0.2, 0.25) is 0 Å². The normalized spacial score (nSPS) is 14.6. The van der Waals surface area contributed by atoms with Crippen LogP contribution in [0, 0.1) is 0 Å². The van der Waals surface area contributed by atoms with Crippen molar-refractivity contribution in [3.8, 4) is 0 Å². The van der Waals surface area contributed by atoms with E-state index < -0.39 is 11.7 Å². The van der Waals surface area contributed by atoms with Crippen LogP contribution >= 0.6 is 12.6 Å². The zero-order chi connectivity index (χ0) is 11.0. The molecular weight excluding hydrogens is 202 g/mol.